The van der Waals surface area contributed by atoms with Crippen LogP contribution in [0.2, 0.25) is 0 Å². The van der Waals surface area contributed by atoms with E-state index in [1.54, 1.807) is 0 Å². The molecule has 7 nitrogen and oxygen atoms in total. The number of carboxylic acids is 1. The summed E-state index contributed by atoms with van der Waals surface area (Å²) >= 11 is 0. The Bertz CT molecular complexity index is 793. The highest BCUT2D eigenvalue weighted by Gasteiger charge is 2.31. The zero-order chi connectivity index (χ0) is 18.4. The monoisotopic (exact) mass is 356 g/mol. The van der Waals surface area contributed by atoms with Crippen LogP contribution in [0.1, 0.15) is 16.1 Å². The number of hydrogen-bond donors (Lipinski definition) is 2. The topological polar surface area (TPSA) is 101 Å². The van der Waals surface area contributed by atoms with Crippen LogP contribution >= 0.6 is 0 Å². The molecule has 25 heavy (non-hydrogen) atoms. The molecule has 0 aliphatic rings. The van der Waals surface area contributed by atoms with Gasteiger partial charge in [0.2, 0.25) is 0 Å². The Hall–Kier alpha value is -3.30. The summed E-state index contributed by atoms with van der Waals surface area (Å²) in [5, 5.41) is 20.9. The summed E-state index contributed by atoms with van der Waals surface area (Å²) in [6.45, 7) is -0.359. The highest BCUT2D eigenvalue weighted by atomic mass is 19.4. The van der Waals surface area contributed by atoms with Gasteiger partial charge in [-0.3, -0.25) is 4.98 Å². The molecule has 0 aliphatic carbocycles. The van der Waals surface area contributed by atoms with E-state index in [1.165, 1.54) is 30.5 Å². The fraction of sp³-hybridized carbons (Fsp3) is 0.133. The number of pyridine rings is 1. The lowest BCUT2D eigenvalue weighted by molar-refractivity contribution is -0.274. The predicted octanol–water partition coefficient (Wildman–Crippen LogP) is 2.94. The van der Waals surface area contributed by atoms with Gasteiger partial charge in [-0.05, 0) is 24.3 Å². The standard InChI is InChI=1S/C15H11F3N2O5/c16-15(17,18)25-11-3-1-2-10(7-11)24-8-13(20-23)12-6-9(14(21)22)4-5-19-12/h1-7,23H,8H2,(H,21,22). The average molecular weight is 356 g/mol. The molecule has 0 saturated carbocycles. The van der Waals surface area contributed by atoms with E-state index in [2.05, 4.69) is 14.9 Å². The van der Waals surface area contributed by atoms with Crippen LogP contribution in [0, 0.1) is 0 Å². The summed E-state index contributed by atoms with van der Waals surface area (Å²) in [7, 11) is 0. The quantitative estimate of drug-likeness (QED) is 0.469. The molecule has 132 valence electrons. The number of hydrogen-bond acceptors (Lipinski definition) is 6. The molecule has 2 N–H and O–H groups in total. The number of ether oxygens (including phenoxy) is 2. The Morgan fingerprint density at radius 3 is 2.56 bits per heavy atom. The van der Waals surface area contributed by atoms with Crippen molar-refractivity contribution in [1.82, 2.24) is 4.98 Å². The van der Waals surface area contributed by atoms with Crippen LogP contribution < -0.4 is 9.47 Å². The molecule has 0 fully saturated rings. The maximum absolute atomic E-state index is 12.2. The molecule has 0 bridgehead atoms. The molecule has 1 aromatic carbocycles. The van der Waals surface area contributed by atoms with Gasteiger partial charge in [0.25, 0.3) is 0 Å². The van der Waals surface area contributed by atoms with Gasteiger partial charge in [0.05, 0.1) is 11.3 Å². The van der Waals surface area contributed by atoms with Gasteiger partial charge in [0, 0.05) is 12.3 Å². The van der Waals surface area contributed by atoms with Crippen LogP contribution in [0.4, 0.5) is 13.2 Å². The number of aromatic nitrogens is 1. The zero-order valence-corrected chi connectivity index (χ0v) is 12.4. The third-order valence-corrected chi connectivity index (χ3v) is 2.84. The average Bonchev–Trinajstić information content (AvgIpc) is 2.54. The van der Waals surface area contributed by atoms with Gasteiger partial charge in [0.15, 0.2) is 0 Å². The molecule has 0 aliphatic heterocycles. The Balaban J connectivity index is 2.10. The van der Waals surface area contributed by atoms with Gasteiger partial charge in [-0.15, -0.1) is 13.2 Å². The van der Waals surface area contributed by atoms with E-state index in [9.17, 15) is 18.0 Å². The second-order valence-corrected chi connectivity index (χ2v) is 4.59. The van der Waals surface area contributed by atoms with Gasteiger partial charge >= 0.3 is 12.3 Å². The number of benzene rings is 1. The minimum absolute atomic E-state index is 0.0253. The summed E-state index contributed by atoms with van der Waals surface area (Å²) in [6.07, 6.45) is -3.63. The third kappa shape index (κ3) is 5.37. The van der Waals surface area contributed by atoms with Crippen molar-refractivity contribution < 1.29 is 37.8 Å². The van der Waals surface area contributed by atoms with E-state index in [0.717, 1.165) is 12.1 Å². The highest BCUT2D eigenvalue weighted by molar-refractivity contribution is 6.01. The van der Waals surface area contributed by atoms with Crippen LogP contribution in [0.5, 0.6) is 11.5 Å². The summed E-state index contributed by atoms with van der Waals surface area (Å²) in [4.78, 5) is 14.8. The first kappa shape index (κ1) is 18.0. The molecule has 1 heterocycles. The minimum Gasteiger partial charge on any atom is -0.487 e. The molecule has 2 rings (SSSR count). The van der Waals surface area contributed by atoms with E-state index in [4.69, 9.17) is 15.1 Å². The number of rotatable bonds is 6. The third-order valence-electron chi connectivity index (χ3n) is 2.84. The van der Waals surface area contributed by atoms with Gasteiger partial charge in [-0.1, -0.05) is 11.2 Å². The number of carbonyl (C=O) groups is 1. The molecule has 1 aromatic heterocycles. The molecule has 0 atom stereocenters. The second-order valence-electron chi connectivity index (χ2n) is 4.59. The van der Waals surface area contributed by atoms with Crippen molar-refractivity contribution in [3.05, 3.63) is 53.9 Å². The smallest absolute Gasteiger partial charge is 0.487 e. The van der Waals surface area contributed by atoms with Crippen LogP contribution in [0.25, 0.3) is 0 Å². The van der Waals surface area contributed by atoms with Crippen molar-refractivity contribution in [1.29, 1.82) is 0 Å². The van der Waals surface area contributed by atoms with Crippen molar-refractivity contribution in [3.8, 4) is 11.5 Å². The highest BCUT2D eigenvalue weighted by Crippen LogP contribution is 2.26. The van der Waals surface area contributed by atoms with E-state index in [1.807, 2.05) is 0 Å². The normalized spacial score (nSPS) is 11.9. The van der Waals surface area contributed by atoms with Crippen LogP contribution in [0.3, 0.4) is 0 Å². The van der Waals surface area contributed by atoms with Gasteiger partial charge in [-0.25, -0.2) is 4.79 Å². The SMILES string of the molecule is O=C(O)c1ccnc(C(COc2cccc(OC(F)(F)F)c2)=NO)c1. The Morgan fingerprint density at radius 2 is 1.92 bits per heavy atom. The summed E-state index contributed by atoms with van der Waals surface area (Å²) < 4.78 is 45.6. The molecule has 2 aromatic rings. The summed E-state index contributed by atoms with van der Waals surface area (Å²) in [5.41, 5.74) is -0.137. The number of alkyl halides is 3. The number of carboxylic acid groups (broad SMARTS) is 1. The Labute approximate surface area is 138 Å². The first-order chi connectivity index (χ1) is 11.8. The predicted molar refractivity (Wildman–Crippen MR) is 78.1 cm³/mol. The van der Waals surface area contributed by atoms with Gasteiger partial charge < -0.3 is 19.8 Å². The number of oxime groups is 1. The van der Waals surface area contributed by atoms with Crippen molar-refractivity contribution in [3.63, 3.8) is 0 Å². The maximum atomic E-state index is 12.2. The fourth-order valence-corrected chi connectivity index (χ4v) is 1.79. The fourth-order valence-electron chi connectivity index (χ4n) is 1.79. The first-order valence-electron chi connectivity index (χ1n) is 6.68. The van der Waals surface area contributed by atoms with Gasteiger partial charge in [-0.2, -0.15) is 0 Å². The number of halogens is 3. The van der Waals surface area contributed by atoms with Crippen LogP contribution in [0.15, 0.2) is 47.8 Å². The molecule has 0 saturated heterocycles. The molecule has 0 amide bonds. The Morgan fingerprint density at radius 1 is 1.20 bits per heavy atom. The molecular weight excluding hydrogens is 345 g/mol. The van der Waals surface area contributed by atoms with Crippen LogP contribution in [-0.2, 0) is 0 Å². The molecule has 0 spiro atoms. The maximum Gasteiger partial charge on any atom is 0.573 e. The van der Waals surface area contributed by atoms with E-state index in [0.29, 0.717) is 0 Å². The summed E-state index contributed by atoms with van der Waals surface area (Å²) in [6, 6.07) is 7.18. The largest absolute Gasteiger partial charge is 0.573 e. The molecule has 0 unspecified atom stereocenters. The molecule has 10 heteroatoms. The summed E-state index contributed by atoms with van der Waals surface area (Å²) in [5.74, 6) is -1.64. The molecular formula is C15H11F3N2O5. The van der Waals surface area contributed by atoms with Crippen LogP contribution in [-0.4, -0.2) is 39.9 Å². The van der Waals surface area contributed by atoms with E-state index < -0.39 is 18.1 Å². The lowest BCUT2D eigenvalue weighted by Gasteiger charge is -2.11. The van der Waals surface area contributed by atoms with Crippen molar-refractivity contribution in [2.75, 3.05) is 6.61 Å². The van der Waals surface area contributed by atoms with Crippen molar-refractivity contribution in [2.24, 2.45) is 5.16 Å². The van der Waals surface area contributed by atoms with E-state index in [-0.39, 0.29) is 29.3 Å². The molecule has 0 radical (unpaired) electrons. The first-order valence-corrected chi connectivity index (χ1v) is 6.68. The van der Waals surface area contributed by atoms with Crippen molar-refractivity contribution in [2.45, 2.75) is 6.36 Å². The minimum atomic E-state index is -4.84. The lowest BCUT2D eigenvalue weighted by atomic mass is 10.2. The number of aromatic carboxylic acids is 1. The van der Waals surface area contributed by atoms with Gasteiger partial charge in [0.1, 0.15) is 23.8 Å². The number of nitrogens with zero attached hydrogens (tertiary/aromatic N) is 2. The zero-order valence-electron chi connectivity index (χ0n) is 12.4. The van der Waals surface area contributed by atoms with E-state index >= 15 is 0 Å². The second kappa shape index (κ2) is 7.51. The Kier molecular flexibility index (Phi) is 5.42. The lowest BCUT2D eigenvalue weighted by Crippen LogP contribution is -2.17. The van der Waals surface area contributed by atoms with Crippen molar-refractivity contribution >= 4 is 11.7 Å².